The number of esters is 1. The minimum Gasteiger partial charge on any atom is -0.507 e. The zero-order valence-electron chi connectivity index (χ0n) is 19.1. The number of ether oxygens (including phenoxy) is 1. The monoisotopic (exact) mass is 483 g/mol. The number of unbranched alkanes of at least 4 members (excludes halogenated alkanes) is 1. The number of non-ortho nitro benzene ring substituents is 1. The van der Waals surface area contributed by atoms with Gasteiger partial charge in [-0.1, -0.05) is 31.0 Å². The predicted octanol–water partition coefficient (Wildman–Crippen LogP) is 5.24. The lowest BCUT2D eigenvalue weighted by Gasteiger charge is -2.19. The molecule has 0 aliphatic heterocycles. The van der Waals surface area contributed by atoms with Crippen molar-refractivity contribution >= 4 is 21.5 Å². The molecule has 0 heterocycles. The third-order valence-electron chi connectivity index (χ3n) is 5.52. The molecule has 1 N–H and O–H groups in total. The summed E-state index contributed by atoms with van der Waals surface area (Å²) in [7, 11) is -3.01. The molecular weight excluding hydrogens is 458 g/mol. The Labute approximate surface area is 197 Å². The van der Waals surface area contributed by atoms with Gasteiger partial charge in [-0.15, -0.1) is 0 Å². The summed E-state index contributed by atoms with van der Waals surface area (Å²) in [6.07, 6.45) is 1.80. The fourth-order valence-electron chi connectivity index (χ4n) is 3.65. The average Bonchev–Trinajstić information content (AvgIpc) is 2.82. The molecule has 0 unspecified atom stereocenters. The number of aryl methyl sites for hydroxylation is 2. The Morgan fingerprint density at radius 3 is 2.24 bits per heavy atom. The lowest BCUT2D eigenvalue weighted by Crippen LogP contribution is -2.12. The van der Waals surface area contributed by atoms with E-state index in [0.29, 0.717) is 18.4 Å². The number of hydrogen-bond acceptors (Lipinski definition) is 7. The number of nitrogens with zero attached hydrogens (tertiary/aromatic N) is 1. The molecule has 0 bridgehead atoms. The molecular formula is C25H25NO7S. The van der Waals surface area contributed by atoms with Gasteiger partial charge < -0.3 is 9.84 Å². The number of phenolic OH excluding ortho intramolecular Hbond substituents is 1. The Morgan fingerprint density at radius 1 is 1.09 bits per heavy atom. The molecule has 3 aromatic carbocycles. The largest absolute Gasteiger partial charge is 0.507 e. The molecule has 0 radical (unpaired) electrons. The van der Waals surface area contributed by atoms with E-state index in [1.165, 1.54) is 42.5 Å². The number of nitro groups is 1. The summed E-state index contributed by atoms with van der Waals surface area (Å²) in [5.41, 5.74) is 0.831. The number of nitro benzene ring substituents is 1. The Kier molecular flexibility index (Phi) is 7.36. The molecule has 9 heteroatoms. The third-order valence-corrected chi connectivity index (χ3v) is 7.31. The third kappa shape index (κ3) is 4.79. The highest BCUT2D eigenvalue weighted by Gasteiger charge is 2.31. The van der Waals surface area contributed by atoms with E-state index in [9.17, 15) is 28.4 Å². The first-order valence-electron chi connectivity index (χ1n) is 10.7. The Balaban J connectivity index is 2.42. The molecule has 3 aromatic rings. The second kappa shape index (κ2) is 10.0. The smallest absolute Gasteiger partial charge is 0.342 e. The number of benzene rings is 3. The molecule has 0 saturated heterocycles. The quantitative estimate of drug-likeness (QED) is 0.264. The SMILES string of the molecule is CCCCc1cc(S(=O)(=O)c2ccc(C)cc2)c(-c2ccc([N+](=O)[O-])cc2)c(C(=O)OC)c1O. The van der Waals surface area contributed by atoms with Crippen LogP contribution in [0, 0.1) is 17.0 Å². The van der Waals surface area contributed by atoms with Gasteiger partial charge in [0.2, 0.25) is 9.84 Å². The summed E-state index contributed by atoms with van der Waals surface area (Å²) in [5, 5.41) is 22.1. The number of hydrogen-bond donors (Lipinski definition) is 1. The van der Waals surface area contributed by atoms with E-state index in [2.05, 4.69) is 0 Å². The van der Waals surface area contributed by atoms with Crippen molar-refractivity contribution in [2.24, 2.45) is 0 Å². The van der Waals surface area contributed by atoms with Crippen molar-refractivity contribution in [3.63, 3.8) is 0 Å². The van der Waals surface area contributed by atoms with Crippen LogP contribution in [0.3, 0.4) is 0 Å². The van der Waals surface area contributed by atoms with Crippen molar-refractivity contribution in [2.45, 2.75) is 42.9 Å². The van der Waals surface area contributed by atoms with Gasteiger partial charge in [0.1, 0.15) is 11.3 Å². The Hall–Kier alpha value is -3.72. The maximum absolute atomic E-state index is 13.8. The van der Waals surface area contributed by atoms with Gasteiger partial charge in [-0.3, -0.25) is 10.1 Å². The molecule has 3 rings (SSSR count). The number of sulfone groups is 1. The zero-order valence-corrected chi connectivity index (χ0v) is 19.9. The number of phenols is 1. The summed E-state index contributed by atoms with van der Waals surface area (Å²) in [6.45, 7) is 3.78. The first-order valence-corrected chi connectivity index (χ1v) is 12.1. The molecule has 34 heavy (non-hydrogen) atoms. The first kappa shape index (κ1) is 24.9. The molecule has 0 spiro atoms. The van der Waals surface area contributed by atoms with Crippen LogP contribution in [0.4, 0.5) is 5.69 Å². The van der Waals surface area contributed by atoms with Gasteiger partial charge in [-0.25, -0.2) is 13.2 Å². The summed E-state index contributed by atoms with van der Waals surface area (Å²) in [6, 6.07) is 12.8. The van der Waals surface area contributed by atoms with E-state index >= 15 is 0 Å². The van der Waals surface area contributed by atoms with Crippen LogP contribution in [0.15, 0.2) is 64.4 Å². The van der Waals surface area contributed by atoms with Crippen LogP contribution in [0.2, 0.25) is 0 Å². The van der Waals surface area contributed by atoms with Crippen LogP contribution in [0.25, 0.3) is 11.1 Å². The van der Waals surface area contributed by atoms with E-state index in [0.717, 1.165) is 19.1 Å². The minimum absolute atomic E-state index is 0.0178. The Morgan fingerprint density at radius 2 is 1.71 bits per heavy atom. The van der Waals surface area contributed by atoms with Crippen LogP contribution in [0.5, 0.6) is 5.75 Å². The van der Waals surface area contributed by atoms with Gasteiger partial charge in [0, 0.05) is 17.7 Å². The van der Waals surface area contributed by atoms with Crippen LogP contribution < -0.4 is 0 Å². The number of aromatic hydroxyl groups is 1. The molecule has 0 amide bonds. The van der Waals surface area contributed by atoms with Crippen LogP contribution >= 0.6 is 0 Å². The van der Waals surface area contributed by atoms with Gasteiger partial charge in [0.15, 0.2) is 0 Å². The van der Waals surface area contributed by atoms with Gasteiger partial charge >= 0.3 is 5.97 Å². The van der Waals surface area contributed by atoms with Crippen molar-refractivity contribution in [3.8, 4) is 16.9 Å². The highest BCUT2D eigenvalue weighted by Crippen LogP contribution is 2.42. The van der Waals surface area contributed by atoms with Crippen molar-refractivity contribution in [1.82, 2.24) is 0 Å². The Bertz CT molecular complexity index is 1330. The lowest BCUT2D eigenvalue weighted by molar-refractivity contribution is -0.384. The van der Waals surface area contributed by atoms with E-state index < -0.39 is 20.7 Å². The maximum Gasteiger partial charge on any atom is 0.342 e. The first-order chi connectivity index (χ1) is 16.1. The van der Waals surface area contributed by atoms with E-state index in [-0.39, 0.29) is 37.9 Å². The standard InChI is InChI=1S/C25H25NO7S/c1-4-5-6-18-15-21(34(31,32)20-13-7-16(2)8-14-20)22(23(24(18)27)25(28)33-3)17-9-11-19(12-10-17)26(29)30/h7-15,27H,4-6H2,1-3H3. The fraction of sp³-hybridized carbons (Fsp3) is 0.240. The number of carbonyl (C=O) groups is 1. The summed E-state index contributed by atoms with van der Waals surface area (Å²) in [4.78, 5) is 23.2. The molecule has 0 aromatic heterocycles. The fourth-order valence-corrected chi connectivity index (χ4v) is 5.19. The van der Waals surface area contributed by atoms with E-state index in [1.54, 1.807) is 12.1 Å². The van der Waals surface area contributed by atoms with Crippen LogP contribution in [0.1, 0.15) is 41.3 Å². The van der Waals surface area contributed by atoms with Crippen LogP contribution in [-0.2, 0) is 21.0 Å². The topological polar surface area (TPSA) is 124 Å². The second-order valence-corrected chi connectivity index (χ2v) is 9.77. The van der Waals surface area contributed by atoms with Crippen molar-refractivity contribution in [1.29, 1.82) is 0 Å². The summed E-state index contributed by atoms with van der Waals surface area (Å²) < 4.78 is 32.4. The van der Waals surface area contributed by atoms with Gasteiger partial charge in [-0.2, -0.15) is 0 Å². The van der Waals surface area contributed by atoms with Gasteiger partial charge in [0.05, 0.1) is 21.8 Å². The average molecular weight is 484 g/mol. The molecule has 0 saturated carbocycles. The van der Waals surface area contributed by atoms with Crippen molar-refractivity contribution < 1.29 is 28.0 Å². The molecule has 0 aliphatic rings. The number of carbonyl (C=O) groups excluding carboxylic acids is 1. The van der Waals surface area contributed by atoms with Crippen molar-refractivity contribution in [3.05, 3.63) is 81.4 Å². The number of methoxy groups -OCH3 is 1. The van der Waals surface area contributed by atoms with Crippen LogP contribution in [-0.4, -0.2) is 31.5 Å². The summed E-state index contributed by atoms with van der Waals surface area (Å²) >= 11 is 0. The minimum atomic E-state index is -4.14. The highest BCUT2D eigenvalue weighted by atomic mass is 32.2. The summed E-state index contributed by atoms with van der Waals surface area (Å²) in [5.74, 6) is -1.28. The normalized spacial score (nSPS) is 11.3. The maximum atomic E-state index is 13.8. The predicted molar refractivity (Wildman–Crippen MR) is 127 cm³/mol. The highest BCUT2D eigenvalue weighted by molar-refractivity contribution is 7.91. The molecule has 178 valence electrons. The zero-order chi connectivity index (χ0) is 25.0. The number of rotatable bonds is 8. The molecule has 8 nitrogen and oxygen atoms in total. The molecule has 0 atom stereocenters. The van der Waals surface area contributed by atoms with E-state index in [1.807, 2.05) is 13.8 Å². The lowest BCUT2D eigenvalue weighted by atomic mass is 9.94. The molecule has 0 fully saturated rings. The van der Waals surface area contributed by atoms with Crippen molar-refractivity contribution in [2.75, 3.05) is 7.11 Å². The van der Waals surface area contributed by atoms with Gasteiger partial charge in [0.25, 0.3) is 5.69 Å². The second-order valence-electron chi connectivity index (χ2n) is 7.85. The van der Waals surface area contributed by atoms with E-state index in [4.69, 9.17) is 4.74 Å². The van der Waals surface area contributed by atoms with Gasteiger partial charge in [-0.05, 0) is 61.2 Å². The molecule has 0 aliphatic carbocycles.